The number of nitrogens with zero attached hydrogens (tertiary/aromatic N) is 3. The zero-order chi connectivity index (χ0) is 39.8. The number of non-ortho nitro benzene ring substituents is 1. The second-order valence-electron chi connectivity index (χ2n) is 15.2. The van der Waals surface area contributed by atoms with Gasteiger partial charge in [0.1, 0.15) is 0 Å². The lowest BCUT2D eigenvalue weighted by Crippen LogP contribution is -2.46. The number of anilines is 2. The summed E-state index contributed by atoms with van der Waals surface area (Å²) in [6.45, 7) is 5.49. The molecule has 5 aromatic rings. The molecule has 3 heterocycles. The standard InChI is InChI=1S/C42H45N5O8Si/c1-27-40(56(2,3)54)37(23-39(50)45(19-20-48)25-28-9-5-4-6-10-28)55-42(27)34-22-32(47(52)53)17-18-36(34)46(41(42)51)26-29-13-15-31(16-14-29)44-38(49)21-30-24-43-35-12-8-7-11-33(30)35/h4-18,22,24,27,37,40,43,48,54H,19-21,23,25-26H2,1-3H3,(H,44,49)/t27-,37+,40-,42+/m0/s1. The van der Waals surface area contributed by atoms with Crippen LogP contribution in [-0.4, -0.2) is 70.0 Å². The number of aliphatic hydroxyl groups excluding tert-OH is 1. The predicted molar refractivity (Wildman–Crippen MR) is 214 cm³/mol. The number of aromatic amines is 1. The Bertz CT molecular complexity index is 2270. The molecule has 0 bridgehead atoms. The Labute approximate surface area is 325 Å². The van der Waals surface area contributed by atoms with E-state index >= 15 is 0 Å². The van der Waals surface area contributed by atoms with Gasteiger partial charge in [0.15, 0.2) is 13.9 Å². The molecule has 0 aliphatic carbocycles. The minimum atomic E-state index is -3.16. The van der Waals surface area contributed by atoms with Gasteiger partial charge in [-0.1, -0.05) is 67.6 Å². The van der Waals surface area contributed by atoms with Gasteiger partial charge in [0.25, 0.3) is 11.6 Å². The molecule has 0 saturated carbocycles. The monoisotopic (exact) mass is 775 g/mol. The molecule has 4 aromatic carbocycles. The topological polar surface area (TPSA) is 178 Å². The van der Waals surface area contributed by atoms with Gasteiger partial charge in [0.2, 0.25) is 11.8 Å². The number of amides is 3. The Balaban J connectivity index is 1.14. The first-order valence-electron chi connectivity index (χ1n) is 18.7. The molecule has 0 unspecified atom stereocenters. The normalized spacial score (nSPS) is 20.4. The Morgan fingerprint density at radius 3 is 2.43 bits per heavy atom. The summed E-state index contributed by atoms with van der Waals surface area (Å²) in [4.78, 5) is 71.3. The maximum Gasteiger partial charge on any atom is 0.269 e. The fraction of sp³-hybridized carbons (Fsp3) is 0.310. The van der Waals surface area contributed by atoms with Crippen molar-refractivity contribution in [1.82, 2.24) is 9.88 Å². The lowest BCUT2D eigenvalue weighted by atomic mass is 9.82. The summed E-state index contributed by atoms with van der Waals surface area (Å²) >= 11 is 0. The molecule has 3 amide bonds. The van der Waals surface area contributed by atoms with Crippen molar-refractivity contribution >= 4 is 54.0 Å². The van der Waals surface area contributed by atoms with Crippen LogP contribution in [0, 0.1) is 16.0 Å². The number of H-pyrrole nitrogens is 1. The van der Waals surface area contributed by atoms with E-state index in [2.05, 4.69) is 10.3 Å². The number of hydrogen-bond donors (Lipinski definition) is 4. The highest BCUT2D eigenvalue weighted by atomic mass is 28.4. The molecule has 290 valence electrons. The van der Waals surface area contributed by atoms with Crippen LogP contribution in [0.4, 0.5) is 17.1 Å². The molecule has 7 rings (SSSR count). The third kappa shape index (κ3) is 7.35. The minimum Gasteiger partial charge on any atom is -0.432 e. The third-order valence-electron chi connectivity index (χ3n) is 11.1. The van der Waals surface area contributed by atoms with E-state index in [1.807, 2.05) is 67.7 Å². The maximum absolute atomic E-state index is 14.9. The van der Waals surface area contributed by atoms with Crippen LogP contribution in [0.25, 0.3) is 10.9 Å². The molecule has 0 radical (unpaired) electrons. The van der Waals surface area contributed by atoms with Crippen LogP contribution in [0.3, 0.4) is 0 Å². The van der Waals surface area contributed by atoms with Crippen LogP contribution in [0.1, 0.15) is 35.6 Å². The summed E-state index contributed by atoms with van der Waals surface area (Å²) < 4.78 is 6.79. The Morgan fingerprint density at radius 2 is 1.73 bits per heavy atom. The fourth-order valence-electron chi connectivity index (χ4n) is 8.59. The molecule has 1 saturated heterocycles. The van der Waals surface area contributed by atoms with E-state index in [0.717, 1.165) is 27.6 Å². The summed E-state index contributed by atoms with van der Waals surface area (Å²) in [7, 11) is -3.16. The molecule has 4 N–H and O–H groups in total. The van der Waals surface area contributed by atoms with Crippen molar-refractivity contribution in [1.29, 1.82) is 0 Å². The zero-order valence-corrected chi connectivity index (χ0v) is 32.5. The van der Waals surface area contributed by atoms with Crippen molar-refractivity contribution in [3.8, 4) is 0 Å². The van der Waals surface area contributed by atoms with E-state index in [4.69, 9.17) is 4.74 Å². The van der Waals surface area contributed by atoms with Gasteiger partial charge in [-0.25, -0.2) is 0 Å². The molecule has 1 fully saturated rings. The number of aromatic nitrogens is 1. The van der Waals surface area contributed by atoms with Gasteiger partial charge in [-0.15, -0.1) is 0 Å². The first-order valence-corrected chi connectivity index (χ1v) is 21.7. The number of nitro groups is 1. The van der Waals surface area contributed by atoms with E-state index in [9.17, 15) is 34.4 Å². The number of nitrogens with one attached hydrogen (secondary N) is 2. The quantitative estimate of drug-likeness (QED) is 0.0638. The fourth-order valence-corrected chi connectivity index (χ4v) is 11.1. The van der Waals surface area contributed by atoms with Crippen molar-refractivity contribution in [2.45, 2.75) is 63.2 Å². The first kappa shape index (κ1) is 38.6. The van der Waals surface area contributed by atoms with Gasteiger partial charge < -0.3 is 34.7 Å². The van der Waals surface area contributed by atoms with Crippen LogP contribution >= 0.6 is 0 Å². The highest BCUT2D eigenvalue weighted by Gasteiger charge is 2.66. The molecule has 1 spiro atoms. The van der Waals surface area contributed by atoms with Crippen LogP contribution < -0.4 is 10.2 Å². The van der Waals surface area contributed by atoms with Gasteiger partial charge in [-0.3, -0.25) is 24.5 Å². The number of ether oxygens (including phenoxy) is 1. The van der Waals surface area contributed by atoms with Gasteiger partial charge in [0, 0.05) is 65.0 Å². The van der Waals surface area contributed by atoms with Crippen LogP contribution in [0.2, 0.25) is 18.6 Å². The van der Waals surface area contributed by atoms with Gasteiger partial charge in [-0.05, 0) is 54.0 Å². The average molecular weight is 776 g/mol. The number of rotatable bonds is 13. The van der Waals surface area contributed by atoms with Crippen molar-refractivity contribution in [2.75, 3.05) is 23.4 Å². The number of para-hydroxylation sites is 1. The molecule has 14 heteroatoms. The number of benzene rings is 4. The molecule has 4 atom stereocenters. The van der Waals surface area contributed by atoms with Crippen molar-refractivity contribution in [2.24, 2.45) is 5.92 Å². The number of fused-ring (bicyclic) bond motifs is 3. The number of aliphatic hydroxyl groups is 1. The summed E-state index contributed by atoms with van der Waals surface area (Å²) in [6.07, 6.45) is 0.971. The second kappa shape index (κ2) is 15.5. The molecule has 56 heavy (non-hydrogen) atoms. The summed E-state index contributed by atoms with van der Waals surface area (Å²) in [6, 6.07) is 28.6. The second-order valence-corrected chi connectivity index (χ2v) is 19.2. The van der Waals surface area contributed by atoms with Gasteiger partial charge >= 0.3 is 0 Å². The lowest BCUT2D eigenvalue weighted by molar-refractivity contribution is -0.385. The Morgan fingerprint density at radius 1 is 1.02 bits per heavy atom. The summed E-state index contributed by atoms with van der Waals surface area (Å²) in [5, 5.41) is 25.8. The molecular weight excluding hydrogens is 731 g/mol. The number of carbonyl (C=O) groups excluding carboxylic acids is 3. The molecular formula is C42H45N5O8Si. The number of nitro benzene ring substituents is 1. The Hall–Kier alpha value is -5.67. The van der Waals surface area contributed by atoms with E-state index < -0.39 is 42.3 Å². The maximum atomic E-state index is 14.9. The number of hydrogen-bond acceptors (Lipinski definition) is 8. The molecule has 2 aliphatic heterocycles. The molecule has 13 nitrogen and oxygen atoms in total. The van der Waals surface area contributed by atoms with Crippen molar-refractivity contribution in [3.05, 3.63) is 136 Å². The van der Waals surface area contributed by atoms with E-state index in [1.165, 1.54) is 17.0 Å². The van der Waals surface area contributed by atoms with Gasteiger partial charge in [0.05, 0.1) is 42.7 Å². The third-order valence-corrected chi connectivity index (χ3v) is 13.6. The first-order chi connectivity index (χ1) is 26.8. The van der Waals surface area contributed by atoms with Gasteiger partial charge in [-0.2, -0.15) is 0 Å². The molecule has 2 aliphatic rings. The predicted octanol–water partition coefficient (Wildman–Crippen LogP) is 6.01. The summed E-state index contributed by atoms with van der Waals surface area (Å²) in [5.41, 5.74) is 2.28. The Kier molecular flexibility index (Phi) is 10.7. The highest BCUT2D eigenvalue weighted by molar-refractivity contribution is 6.71. The van der Waals surface area contributed by atoms with Crippen LogP contribution in [0.15, 0.2) is 103 Å². The highest BCUT2D eigenvalue weighted by Crippen LogP contribution is 2.60. The zero-order valence-electron chi connectivity index (χ0n) is 31.5. The lowest BCUT2D eigenvalue weighted by Gasteiger charge is -2.32. The minimum absolute atomic E-state index is 0.0834. The van der Waals surface area contributed by atoms with E-state index in [1.54, 1.807) is 48.3 Å². The van der Waals surface area contributed by atoms with Crippen molar-refractivity contribution < 1.29 is 33.9 Å². The smallest absolute Gasteiger partial charge is 0.269 e. The molecule has 1 aromatic heterocycles. The SMILES string of the molecule is C[C@H]1[C@H]([Si](C)(C)O)[C@@H](CC(=O)N(CCO)Cc2ccccc2)O[C@]12C(=O)N(Cc1ccc(NC(=O)Cc3c[nH]c4ccccc34)cc1)c1ccc([N+](=O)[O-])cc12. The summed E-state index contributed by atoms with van der Waals surface area (Å²) in [5.74, 6) is -1.58. The van der Waals surface area contributed by atoms with Crippen LogP contribution in [-0.2, 0) is 44.2 Å². The van der Waals surface area contributed by atoms with E-state index in [0.29, 0.717) is 16.9 Å². The van der Waals surface area contributed by atoms with E-state index in [-0.39, 0.29) is 56.6 Å². The largest absolute Gasteiger partial charge is 0.432 e. The average Bonchev–Trinajstić information content (AvgIpc) is 3.78. The van der Waals surface area contributed by atoms with Crippen LogP contribution in [0.5, 0.6) is 0 Å². The number of carbonyl (C=O) groups is 3. The van der Waals surface area contributed by atoms with Crippen molar-refractivity contribution in [3.63, 3.8) is 0 Å².